The molecule has 1 fully saturated rings. The number of amides is 2. The van der Waals surface area contributed by atoms with Gasteiger partial charge in [-0.2, -0.15) is 0 Å². The van der Waals surface area contributed by atoms with Crippen molar-refractivity contribution >= 4 is 24.4 Å². The Balaban J connectivity index is 1.92. The molecule has 0 aromatic heterocycles. The summed E-state index contributed by atoms with van der Waals surface area (Å²) in [4.78, 5) is 25.8. The molecule has 102 valence electrons. The molecule has 0 spiro atoms. The Hall–Kier alpha value is -1.49. The monoisotopic (exact) mass is 278 g/mol. The Morgan fingerprint density at radius 3 is 2.32 bits per heavy atom. The molecule has 0 unspecified atom stereocenters. The van der Waals surface area contributed by atoms with E-state index in [-0.39, 0.29) is 11.8 Å². The van der Waals surface area contributed by atoms with Gasteiger partial charge in [0.05, 0.1) is 0 Å². The Morgan fingerprint density at radius 2 is 1.79 bits per heavy atom. The van der Waals surface area contributed by atoms with Crippen LogP contribution in [-0.2, 0) is 4.79 Å². The second-order valence-electron chi connectivity index (χ2n) is 4.95. The van der Waals surface area contributed by atoms with Crippen LogP contribution in [0.3, 0.4) is 0 Å². The normalized spacial score (nSPS) is 16.4. The lowest BCUT2D eigenvalue weighted by Crippen LogP contribution is -2.39. The maximum absolute atomic E-state index is 12.2. The van der Waals surface area contributed by atoms with E-state index >= 15 is 0 Å². The van der Waals surface area contributed by atoms with Crippen molar-refractivity contribution in [1.82, 2.24) is 4.90 Å². The van der Waals surface area contributed by atoms with Crippen LogP contribution in [0.1, 0.15) is 29.6 Å². The van der Waals surface area contributed by atoms with Crippen LogP contribution in [0.5, 0.6) is 0 Å². The zero-order valence-electron chi connectivity index (χ0n) is 10.7. The molecule has 2 rings (SSSR count). The second kappa shape index (κ2) is 6.10. The lowest BCUT2D eigenvalue weighted by molar-refractivity contribution is -0.119. The van der Waals surface area contributed by atoms with Crippen LogP contribution in [0.15, 0.2) is 29.2 Å². The number of carbonyl (C=O) groups is 2. The first kappa shape index (κ1) is 13.9. The number of hydrogen-bond donors (Lipinski definition) is 2. The van der Waals surface area contributed by atoms with Gasteiger partial charge in [-0.3, -0.25) is 9.59 Å². The fraction of sp³-hybridized carbons (Fsp3) is 0.429. The van der Waals surface area contributed by atoms with Gasteiger partial charge in [-0.05, 0) is 43.0 Å². The number of hydrogen-bond acceptors (Lipinski definition) is 3. The summed E-state index contributed by atoms with van der Waals surface area (Å²) >= 11 is 4.20. The number of nitrogens with zero attached hydrogens (tertiary/aromatic N) is 1. The molecule has 0 aliphatic carbocycles. The van der Waals surface area contributed by atoms with Crippen molar-refractivity contribution < 1.29 is 9.59 Å². The minimum atomic E-state index is -0.255. The van der Waals surface area contributed by atoms with Crippen LogP contribution < -0.4 is 5.73 Å². The first-order valence-electron chi connectivity index (χ1n) is 6.43. The van der Waals surface area contributed by atoms with Gasteiger partial charge in [0, 0.05) is 30.0 Å². The summed E-state index contributed by atoms with van der Waals surface area (Å²) in [7, 11) is 0. The number of rotatable bonds is 3. The molecule has 1 heterocycles. The van der Waals surface area contributed by atoms with Gasteiger partial charge in [0.25, 0.3) is 5.91 Å². The predicted molar refractivity (Wildman–Crippen MR) is 76.1 cm³/mol. The van der Waals surface area contributed by atoms with Gasteiger partial charge in [0.2, 0.25) is 5.91 Å². The number of primary amides is 1. The summed E-state index contributed by atoms with van der Waals surface area (Å²) in [5.41, 5.74) is 5.88. The van der Waals surface area contributed by atoms with E-state index in [0.717, 1.165) is 17.7 Å². The summed E-state index contributed by atoms with van der Waals surface area (Å²) in [6.07, 6.45) is 2.12. The maximum atomic E-state index is 12.2. The van der Waals surface area contributed by atoms with E-state index in [1.165, 1.54) is 0 Å². The summed E-state index contributed by atoms with van der Waals surface area (Å²) < 4.78 is 0. The molecule has 19 heavy (non-hydrogen) atoms. The van der Waals surface area contributed by atoms with E-state index in [4.69, 9.17) is 5.73 Å². The van der Waals surface area contributed by atoms with Crippen molar-refractivity contribution in [1.29, 1.82) is 0 Å². The highest BCUT2D eigenvalue weighted by Gasteiger charge is 2.24. The largest absolute Gasteiger partial charge is 0.370 e. The Morgan fingerprint density at radius 1 is 1.21 bits per heavy atom. The first-order chi connectivity index (χ1) is 9.06. The van der Waals surface area contributed by atoms with Gasteiger partial charge in [-0.15, -0.1) is 12.6 Å². The molecule has 1 aliphatic heterocycles. The van der Waals surface area contributed by atoms with Gasteiger partial charge >= 0.3 is 0 Å². The van der Waals surface area contributed by atoms with Crippen molar-refractivity contribution in [3.05, 3.63) is 29.8 Å². The predicted octanol–water partition coefficient (Wildman–Crippen LogP) is 1.70. The minimum Gasteiger partial charge on any atom is -0.370 e. The molecule has 1 aromatic carbocycles. The molecule has 2 amide bonds. The third-order valence-electron chi connectivity index (χ3n) is 3.51. The SMILES string of the molecule is NC(=O)CC1CCN(C(=O)c2ccc(S)cc2)CC1. The van der Waals surface area contributed by atoms with E-state index in [2.05, 4.69) is 12.6 Å². The number of carbonyl (C=O) groups excluding carboxylic acids is 2. The van der Waals surface area contributed by atoms with Crippen molar-refractivity contribution in [2.45, 2.75) is 24.2 Å². The fourth-order valence-electron chi connectivity index (χ4n) is 2.41. The standard InChI is InChI=1S/C14H18N2O2S/c15-13(17)9-10-5-7-16(8-6-10)14(18)11-1-3-12(19)4-2-11/h1-4,10,19H,5-9H2,(H2,15,17). The summed E-state index contributed by atoms with van der Waals surface area (Å²) in [6, 6.07) is 7.21. The van der Waals surface area contributed by atoms with Crippen LogP contribution in [0.25, 0.3) is 0 Å². The third-order valence-corrected chi connectivity index (χ3v) is 3.80. The van der Waals surface area contributed by atoms with Crippen molar-refractivity contribution in [2.75, 3.05) is 13.1 Å². The molecule has 0 radical (unpaired) electrons. The molecule has 0 atom stereocenters. The van der Waals surface area contributed by atoms with E-state index in [1.54, 1.807) is 12.1 Å². The van der Waals surface area contributed by atoms with E-state index < -0.39 is 0 Å². The molecule has 0 saturated carbocycles. The van der Waals surface area contributed by atoms with Crippen molar-refractivity contribution in [3.8, 4) is 0 Å². The number of likely N-dealkylation sites (tertiary alicyclic amines) is 1. The zero-order chi connectivity index (χ0) is 13.8. The number of piperidine rings is 1. The maximum Gasteiger partial charge on any atom is 0.253 e. The van der Waals surface area contributed by atoms with Crippen LogP contribution in [0.2, 0.25) is 0 Å². The zero-order valence-corrected chi connectivity index (χ0v) is 11.6. The number of nitrogens with two attached hydrogens (primary N) is 1. The molecule has 1 saturated heterocycles. The quantitative estimate of drug-likeness (QED) is 0.827. The van der Waals surface area contributed by atoms with E-state index in [1.807, 2.05) is 17.0 Å². The first-order valence-corrected chi connectivity index (χ1v) is 6.87. The van der Waals surface area contributed by atoms with Crippen LogP contribution in [-0.4, -0.2) is 29.8 Å². The lowest BCUT2D eigenvalue weighted by atomic mass is 9.93. The van der Waals surface area contributed by atoms with E-state index in [0.29, 0.717) is 31.0 Å². The van der Waals surface area contributed by atoms with Gasteiger partial charge in [-0.1, -0.05) is 0 Å². The topological polar surface area (TPSA) is 63.4 Å². The molecule has 5 heteroatoms. The van der Waals surface area contributed by atoms with Gasteiger partial charge in [0.1, 0.15) is 0 Å². The van der Waals surface area contributed by atoms with Gasteiger partial charge in [0.15, 0.2) is 0 Å². The van der Waals surface area contributed by atoms with Crippen LogP contribution in [0.4, 0.5) is 0 Å². The number of thiol groups is 1. The van der Waals surface area contributed by atoms with E-state index in [9.17, 15) is 9.59 Å². The van der Waals surface area contributed by atoms with Gasteiger partial charge < -0.3 is 10.6 Å². The highest BCUT2D eigenvalue weighted by atomic mass is 32.1. The lowest BCUT2D eigenvalue weighted by Gasteiger charge is -2.31. The van der Waals surface area contributed by atoms with Crippen LogP contribution in [0, 0.1) is 5.92 Å². The molecular weight excluding hydrogens is 260 g/mol. The number of benzene rings is 1. The Bertz CT molecular complexity index is 465. The third kappa shape index (κ3) is 3.73. The minimum absolute atomic E-state index is 0.0471. The fourth-order valence-corrected chi connectivity index (χ4v) is 2.56. The summed E-state index contributed by atoms with van der Waals surface area (Å²) in [6.45, 7) is 1.39. The molecule has 4 nitrogen and oxygen atoms in total. The molecule has 0 bridgehead atoms. The van der Waals surface area contributed by atoms with Gasteiger partial charge in [-0.25, -0.2) is 0 Å². The molecular formula is C14H18N2O2S. The molecule has 2 N–H and O–H groups in total. The highest BCUT2D eigenvalue weighted by Crippen LogP contribution is 2.21. The van der Waals surface area contributed by atoms with Crippen LogP contribution >= 0.6 is 12.6 Å². The summed E-state index contributed by atoms with van der Waals surface area (Å²) in [5, 5.41) is 0. The summed E-state index contributed by atoms with van der Waals surface area (Å²) in [5.74, 6) is 0.112. The van der Waals surface area contributed by atoms with Crippen molar-refractivity contribution in [2.24, 2.45) is 11.7 Å². The highest BCUT2D eigenvalue weighted by molar-refractivity contribution is 7.80. The Labute approximate surface area is 118 Å². The average Bonchev–Trinajstić information content (AvgIpc) is 2.39. The Kier molecular flexibility index (Phi) is 4.47. The smallest absolute Gasteiger partial charge is 0.253 e. The molecule has 1 aliphatic rings. The second-order valence-corrected chi connectivity index (χ2v) is 5.47. The van der Waals surface area contributed by atoms with Crippen molar-refractivity contribution in [3.63, 3.8) is 0 Å². The molecule has 1 aromatic rings. The average molecular weight is 278 g/mol.